The molecule has 0 bridgehead atoms. The molecule has 1 amide bonds. The first-order valence-corrected chi connectivity index (χ1v) is 8.54. The molecule has 0 saturated carbocycles. The summed E-state index contributed by atoms with van der Waals surface area (Å²) in [6.07, 6.45) is 5.46. The van der Waals surface area contributed by atoms with E-state index in [-0.39, 0.29) is 18.3 Å². The summed E-state index contributed by atoms with van der Waals surface area (Å²) >= 11 is 0. The Bertz CT molecular complexity index is 531. The van der Waals surface area contributed by atoms with E-state index in [0.29, 0.717) is 23.8 Å². The molecule has 2 aliphatic heterocycles. The Labute approximate surface area is 144 Å². The average Bonchev–Trinajstić information content (AvgIpc) is 2.89. The fourth-order valence-corrected chi connectivity index (χ4v) is 3.88. The molecular weight excluding hydrogens is 314 g/mol. The summed E-state index contributed by atoms with van der Waals surface area (Å²) in [6, 6.07) is 0.950. The highest BCUT2D eigenvalue weighted by atomic mass is 35.5. The number of hydrogen-bond acceptors (Lipinski definition) is 4. The van der Waals surface area contributed by atoms with Crippen molar-refractivity contribution in [3.8, 4) is 0 Å². The van der Waals surface area contributed by atoms with Crippen LogP contribution in [-0.4, -0.2) is 51.0 Å². The second-order valence-electron chi connectivity index (χ2n) is 6.79. The SMILES string of the molecule is Cc1c(C(=O)N2C(C)CCCC2C)nnn1C1CCNCC1.Cl. The summed E-state index contributed by atoms with van der Waals surface area (Å²) in [5, 5.41) is 11.9. The van der Waals surface area contributed by atoms with E-state index in [1.165, 1.54) is 6.42 Å². The first-order valence-electron chi connectivity index (χ1n) is 8.54. The standard InChI is InChI=1S/C16H27N5O.ClH/c1-11-5-4-6-12(2)20(11)16(22)15-13(3)21(19-18-15)14-7-9-17-10-8-14;/h11-12,14,17H,4-10H2,1-3H3;1H. The number of piperidine rings is 2. The Kier molecular flexibility index (Phi) is 6.03. The van der Waals surface area contributed by atoms with Gasteiger partial charge in [-0.2, -0.15) is 0 Å². The van der Waals surface area contributed by atoms with Crippen molar-refractivity contribution in [1.29, 1.82) is 0 Å². The quantitative estimate of drug-likeness (QED) is 0.896. The third-order valence-corrected chi connectivity index (χ3v) is 5.21. The smallest absolute Gasteiger partial charge is 0.276 e. The number of amides is 1. The van der Waals surface area contributed by atoms with E-state index in [1.54, 1.807) is 0 Å². The second kappa shape index (κ2) is 7.62. The minimum absolute atomic E-state index is 0. The molecule has 0 aromatic carbocycles. The zero-order valence-electron chi connectivity index (χ0n) is 14.3. The van der Waals surface area contributed by atoms with Gasteiger partial charge < -0.3 is 10.2 Å². The molecule has 2 unspecified atom stereocenters. The van der Waals surface area contributed by atoms with Crippen LogP contribution in [0.25, 0.3) is 0 Å². The summed E-state index contributed by atoms with van der Waals surface area (Å²) in [4.78, 5) is 14.9. The van der Waals surface area contributed by atoms with Crippen molar-refractivity contribution in [2.24, 2.45) is 0 Å². The summed E-state index contributed by atoms with van der Waals surface area (Å²) in [7, 11) is 0. The van der Waals surface area contributed by atoms with Crippen molar-refractivity contribution >= 4 is 18.3 Å². The second-order valence-corrected chi connectivity index (χ2v) is 6.79. The minimum atomic E-state index is 0. The molecular formula is C16H28ClN5O. The van der Waals surface area contributed by atoms with Crippen LogP contribution in [-0.2, 0) is 0 Å². The molecule has 1 aromatic rings. The van der Waals surface area contributed by atoms with Crippen LogP contribution in [0.2, 0.25) is 0 Å². The molecule has 2 atom stereocenters. The number of carbonyl (C=O) groups excluding carboxylic acids is 1. The minimum Gasteiger partial charge on any atom is -0.332 e. The van der Waals surface area contributed by atoms with Crippen LogP contribution in [0.1, 0.15) is 68.2 Å². The van der Waals surface area contributed by atoms with Gasteiger partial charge in [-0.3, -0.25) is 4.79 Å². The highest BCUT2D eigenvalue weighted by molar-refractivity contribution is 5.93. The van der Waals surface area contributed by atoms with Gasteiger partial charge >= 0.3 is 0 Å². The van der Waals surface area contributed by atoms with Gasteiger partial charge in [0.05, 0.1) is 11.7 Å². The van der Waals surface area contributed by atoms with E-state index in [2.05, 4.69) is 29.5 Å². The molecule has 2 fully saturated rings. The van der Waals surface area contributed by atoms with Gasteiger partial charge in [0.2, 0.25) is 0 Å². The molecule has 1 aromatic heterocycles. The molecule has 2 aliphatic rings. The average molecular weight is 342 g/mol. The summed E-state index contributed by atoms with van der Waals surface area (Å²) in [6.45, 7) is 8.27. The van der Waals surface area contributed by atoms with Crippen LogP contribution < -0.4 is 5.32 Å². The van der Waals surface area contributed by atoms with Crippen molar-refractivity contribution in [1.82, 2.24) is 25.2 Å². The summed E-state index contributed by atoms with van der Waals surface area (Å²) < 4.78 is 1.97. The van der Waals surface area contributed by atoms with Crippen molar-refractivity contribution in [3.63, 3.8) is 0 Å². The van der Waals surface area contributed by atoms with E-state index >= 15 is 0 Å². The molecule has 0 aliphatic carbocycles. The lowest BCUT2D eigenvalue weighted by atomic mass is 9.97. The van der Waals surface area contributed by atoms with Gasteiger partial charge in [0.1, 0.15) is 0 Å². The van der Waals surface area contributed by atoms with Crippen LogP contribution in [0, 0.1) is 6.92 Å². The number of halogens is 1. The van der Waals surface area contributed by atoms with Gasteiger partial charge in [-0.15, -0.1) is 17.5 Å². The monoisotopic (exact) mass is 341 g/mol. The number of rotatable bonds is 2. The molecule has 130 valence electrons. The maximum Gasteiger partial charge on any atom is 0.276 e. The number of nitrogens with one attached hydrogen (secondary N) is 1. The van der Waals surface area contributed by atoms with Gasteiger partial charge in [0.25, 0.3) is 5.91 Å². The Balaban J connectivity index is 0.00000192. The zero-order chi connectivity index (χ0) is 15.7. The van der Waals surface area contributed by atoms with E-state index in [1.807, 2.05) is 16.5 Å². The lowest BCUT2D eigenvalue weighted by molar-refractivity contribution is 0.0503. The normalized spacial score (nSPS) is 26.0. The molecule has 7 heteroatoms. The first kappa shape index (κ1) is 18.2. The van der Waals surface area contributed by atoms with Crippen molar-refractivity contribution in [3.05, 3.63) is 11.4 Å². The third kappa shape index (κ3) is 3.53. The largest absolute Gasteiger partial charge is 0.332 e. The number of carbonyl (C=O) groups is 1. The number of hydrogen-bond donors (Lipinski definition) is 1. The van der Waals surface area contributed by atoms with Crippen LogP contribution in [0.15, 0.2) is 0 Å². The molecule has 1 N–H and O–H groups in total. The first-order chi connectivity index (χ1) is 10.6. The van der Waals surface area contributed by atoms with Gasteiger partial charge in [0.15, 0.2) is 5.69 Å². The van der Waals surface area contributed by atoms with Crippen LogP contribution >= 0.6 is 12.4 Å². The maximum absolute atomic E-state index is 12.9. The fraction of sp³-hybridized carbons (Fsp3) is 0.812. The molecule has 0 radical (unpaired) electrons. The van der Waals surface area contributed by atoms with Crippen molar-refractivity contribution in [2.75, 3.05) is 13.1 Å². The van der Waals surface area contributed by atoms with Crippen molar-refractivity contribution in [2.45, 2.75) is 71.0 Å². The Hall–Kier alpha value is -1.14. The fourth-order valence-electron chi connectivity index (χ4n) is 3.88. The lowest BCUT2D eigenvalue weighted by Crippen LogP contribution is -2.47. The molecule has 3 heterocycles. The van der Waals surface area contributed by atoms with E-state index < -0.39 is 0 Å². The summed E-state index contributed by atoms with van der Waals surface area (Å²) in [5.41, 5.74) is 1.46. The highest BCUT2D eigenvalue weighted by Crippen LogP contribution is 2.26. The van der Waals surface area contributed by atoms with Crippen molar-refractivity contribution < 1.29 is 4.79 Å². The molecule has 2 saturated heterocycles. The van der Waals surface area contributed by atoms with Gasteiger partial charge in [-0.1, -0.05) is 5.21 Å². The predicted octanol–water partition coefficient (Wildman–Crippen LogP) is 2.34. The highest BCUT2D eigenvalue weighted by Gasteiger charge is 2.33. The Morgan fingerprint density at radius 3 is 2.35 bits per heavy atom. The third-order valence-electron chi connectivity index (χ3n) is 5.21. The topological polar surface area (TPSA) is 63.1 Å². The van der Waals surface area contributed by atoms with E-state index in [0.717, 1.165) is 44.5 Å². The van der Waals surface area contributed by atoms with Crippen LogP contribution in [0.3, 0.4) is 0 Å². The molecule has 0 spiro atoms. The number of aromatic nitrogens is 3. The molecule has 6 nitrogen and oxygen atoms in total. The van der Waals surface area contributed by atoms with Crippen LogP contribution in [0.4, 0.5) is 0 Å². The van der Waals surface area contributed by atoms with Gasteiger partial charge in [-0.05, 0) is 66.0 Å². The van der Waals surface area contributed by atoms with Gasteiger partial charge in [-0.25, -0.2) is 4.68 Å². The predicted molar refractivity (Wildman–Crippen MR) is 92.1 cm³/mol. The molecule has 23 heavy (non-hydrogen) atoms. The maximum atomic E-state index is 12.9. The van der Waals surface area contributed by atoms with E-state index in [4.69, 9.17) is 0 Å². The number of likely N-dealkylation sites (tertiary alicyclic amines) is 1. The lowest BCUT2D eigenvalue weighted by Gasteiger charge is -2.38. The zero-order valence-corrected chi connectivity index (χ0v) is 15.1. The number of nitrogens with zero attached hydrogens (tertiary/aromatic N) is 4. The summed E-state index contributed by atoms with van der Waals surface area (Å²) in [5.74, 6) is 0.0531. The molecule has 3 rings (SSSR count). The Morgan fingerprint density at radius 1 is 1.13 bits per heavy atom. The van der Waals surface area contributed by atoms with E-state index in [9.17, 15) is 4.79 Å². The van der Waals surface area contributed by atoms with Gasteiger partial charge in [0, 0.05) is 12.1 Å². The Morgan fingerprint density at radius 2 is 1.74 bits per heavy atom. The van der Waals surface area contributed by atoms with Crippen LogP contribution in [0.5, 0.6) is 0 Å².